The third kappa shape index (κ3) is 3.22. The Balaban J connectivity index is 1.88. The highest BCUT2D eigenvalue weighted by Gasteiger charge is 2.41. The molecule has 8 N–H and O–H groups in total. The Bertz CT molecular complexity index is 807. The molecule has 0 aliphatic carbocycles. The summed E-state index contributed by atoms with van der Waals surface area (Å²) in [5, 5.41) is 15.7. The van der Waals surface area contributed by atoms with Crippen LogP contribution in [0.15, 0.2) is 15.5 Å². The minimum atomic E-state index is -4.73. The van der Waals surface area contributed by atoms with E-state index in [1.807, 2.05) is 0 Å². The lowest BCUT2D eigenvalue weighted by Crippen LogP contribution is -2.53. The van der Waals surface area contributed by atoms with E-state index < -0.39 is 38.4 Å². The topological polar surface area (TPSA) is 192 Å². The van der Waals surface area contributed by atoms with Crippen molar-refractivity contribution < 1.29 is 28.7 Å². The number of thiol groups is 1. The Kier molecular flexibility index (Phi) is 4.23. The minimum absolute atomic E-state index is 0.0957. The van der Waals surface area contributed by atoms with Crippen LogP contribution in [-0.2, 0) is 13.8 Å². The summed E-state index contributed by atoms with van der Waals surface area (Å²) in [5.41, 5.74) is 5.05. The van der Waals surface area contributed by atoms with Crippen molar-refractivity contribution in [3.63, 3.8) is 0 Å². The molecule has 12 nitrogen and oxygen atoms in total. The van der Waals surface area contributed by atoms with E-state index in [4.69, 9.17) is 20.3 Å². The fourth-order valence-corrected chi connectivity index (χ4v) is 3.02. The van der Waals surface area contributed by atoms with Crippen LogP contribution in [0.5, 0.6) is 0 Å². The summed E-state index contributed by atoms with van der Waals surface area (Å²) in [6.45, 7) is -0.594. The molecule has 0 bridgehead atoms. The van der Waals surface area contributed by atoms with Gasteiger partial charge in [-0.05, 0) is 0 Å². The quantitative estimate of drug-likeness (QED) is 0.239. The van der Waals surface area contributed by atoms with Gasteiger partial charge in [-0.3, -0.25) is 14.3 Å². The SMILES string of the molecule is Nc1nc2c(c(=O)[nH]1)NC1C(S)=C(O)C(COP(=O)(O)O)OC1N2. The van der Waals surface area contributed by atoms with Gasteiger partial charge >= 0.3 is 7.82 Å². The average molecular weight is 379 g/mol. The largest absolute Gasteiger partial charge is 0.509 e. The van der Waals surface area contributed by atoms with Crippen molar-refractivity contribution in [3.05, 3.63) is 21.0 Å². The molecular weight excluding hydrogens is 365 g/mol. The first-order valence-electron chi connectivity index (χ1n) is 6.56. The van der Waals surface area contributed by atoms with Gasteiger partial charge in [-0.2, -0.15) is 4.98 Å². The summed E-state index contributed by atoms with van der Waals surface area (Å²) >= 11 is 4.19. The lowest BCUT2D eigenvalue weighted by atomic mass is 10.1. The number of anilines is 3. The Morgan fingerprint density at radius 1 is 1.42 bits per heavy atom. The van der Waals surface area contributed by atoms with Crippen LogP contribution in [0, 0.1) is 0 Å². The standard InChI is InChI=1S/C10H14N5O7PS/c11-10-14-7-4(8(17)15-10)12-3-6(24)5(16)2(22-9(3)13-7)1-21-23(18,19)20/h2-3,9,12,16,24H,1H2,(H2,18,19,20)(H4,11,13,14,15,17). The number of nitrogens with zero attached hydrogens (tertiary/aromatic N) is 1. The van der Waals surface area contributed by atoms with Crippen molar-refractivity contribution in [2.75, 3.05) is 23.0 Å². The molecule has 2 aliphatic rings. The first-order valence-corrected chi connectivity index (χ1v) is 8.54. The number of fused-ring (bicyclic) bond motifs is 2. The van der Waals surface area contributed by atoms with Crippen LogP contribution in [-0.4, -0.2) is 49.8 Å². The molecule has 1 aromatic heterocycles. The monoisotopic (exact) mass is 379 g/mol. The molecule has 0 saturated carbocycles. The van der Waals surface area contributed by atoms with E-state index in [2.05, 4.69) is 37.8 Å². The summed E-state index contributed by atoms with van der Waals surface area (Å²) in [7, 11) is -4.73. The number of aliphatic hydroxyl groups excluding tert-OH is 1. The molecule has 24 heavy (non-hydrogen) atoms. The molecule has 0 fully saturated rings. The predicted octanol–water partition coefficient (Wildman–Crippen LogP) is -0.908. The number of nitrogens with two attached hydrogens (primary N) is 1. The third-order valence-electron chi connectivity index (χ3n) is 3.39. The van der Waals surface area contributed by atoms with Gasteiger partial charge in [0, 0.05) is 4.91 Å². The maximum absolute atomic E-state index is 11.9. The van der Waals surface area contributed by atoms with E-state index in [0.717, 1.165) is 0 Å². The molecule has 3 rings (SSSR count). The first kappa shape index (κ1) is 17.1. The molecule has 1 aromatic rings. The number of ether oxygens (including phenoxy) is 1. The Morgan fingerprint density at radius 3 is 2.79 bits per heavy atom. The van der Waals surface area contributed by atoms with E-state index in [0.29, 0.717) is 0 Å². The van der Waals surface area contributed by atoms with Gasteiger partial charge in [-0.1, -0.05) is 0 Å². The summed E-state index contributed by atoms with van der Waals surface area (Å²) in [4.78, 5) is 35.8. The summed E-state index contributed by atoms with van der Waals surface area (Å²) in [5.74, 6) is -0.339. The van der Waals surface area contributed by atoms with Gasteiger partial charge in [0.1, 0.15) is 23.6 Å². The van der Waals surface area contributed by atoms with Gasteiger partial charge in [0.05, 0.1) is 6.61 Å². The molecule has 0 aromatic carbocycles. The van der Waals surface area contributed by atoms with Crippen LogP contribution in [0.3, 0.4) is 0 Å². The number of H-pyrrole nitrogens is 1. The second-order valence-corrected chi connectivity index (χ2v) is 6.76. The molecule has 0 amide bonds. The molecule has 3 atom stereocenters. The third-order valence-corrected chi connectivity index (χ3v) is 4.38. The lowest BCUT2D eigenvalue weighted by molar-refractivity contribution is -0.0412. The second-order valence-electron chi connectivity index (χ2n) is 5.04. The van der Waals surface area contributed by atoms with Crippen LogP contribution >= 0.6 is 20.5 Å². The van der Waals surface area contributed by atoms with Crippen molar-refractivity contribution in [1.29, 1.82) is 0 Å². The van der Waals surface area contributed by atoms with Gasteiger partial charge in [-0.15, -0.1) is 12.6 Å². The maximum Gasteiger partial charge on any atom is 0.469 e. The van der Waals surface area contributed by atoms with Crippen molar-refractivity contribution in [2.45, 2.75) is 18.4 Å². The minimum Gasteiger partial charge on any atom is -0.509 e. The van der Waals surface area contributed by atoms with E-state index in [9.17, 15) is 14.5 Å². The summed E-state index contributed by atoms with van der Waals surface area (Å²) in [6.07, 6.45) is -2.00. The van der Waals surface area contributed by atoms with Gasteiger partial charge in [0.2, 0.25) is 5.95 Å². The molecule has 3 unspecified atom stereocenters. The van der Waals surface area contributed by atoms with Gasteiger partial charge in [-0.25, -0.2) is 4.57 Å². The molecule has 0 saturated heterocycles. The fraction of sp³-hybridized carbons (Fsp3) is 0.400. The predicted molar refractivity (Wildman–Crippen MR) is 85.6 cm³/mol. The van der Waals surface area contributed by atoms with Crippen LogP contribution in [0.1, 0.15) is 0 Å². The molecule has 0 spiro atoms. The normalized spacial score (nSPS) is 26.2. The Morgan fingerprint density at radius 2 is 2.12 bits per heavy atom. The lowest BCUT2D eigenvalue weighted by Gasteiger charge is -2.40. The molecule has 14 heteroatoms. The highest BCUT2D eigenvalue weighted by atomic mass is 32.1. The van der Waals surface area contributed by atoms with E-state index in [1.165, 1.54) is 0 Å². The van der Waals surface area contributed by atoms with E-state index in [-0.39, 0.29) is 28.1 Å². The van der Waals surface area contributed by atoms with Crippen molar-refractivity contribution >= 4 is 37.9 Å². The van der Waals surface area contributed by atoms with Gasteiger partial charge < -0.3 is 36.0 Å². The number of nitrogens with one attached hydrogen (secondary N) is 3. The number of aromatic amines is 1. The first-order chi connectivity index (χ1) is 11.2. The van der Waals surface area contributed by atoms with Crippen LogP contribution in [0.4, 0.5) is 17.5 Å². The Hall–Kier alpha value is -1.76. The fourth-order valence-electron chi connectivity index (χ4n) is 2.35. The van der Waals surface area contributed by atoms with Gasteiger partial charge in [0.25, 0.3) is 5.56 Å². The average Bonchev–Trinajstić information content (AvgIpc) is 2.47. The van der Waals surface area contributed by atoms with Crippen molar-refractivity contribution in [2.24, 2.45) is 0 Å². The number of rotatable bonds is 3. The van der Waals surface area contributed by atoms with Crippen molar-refractivity contribution in [1.82, 2.24) is 9.97 Å². The molecule has 3 heterocycles. The number of nitrogen functional groups attached to an aromatic ring is 1. The smallest absolute Gasteiger partial charge is 0.469 e. The van der Waals surface area contributed by atoms with E-state index >= 15 is 0 Å². The number of aromatic nitrogens is 2. The van der Waals surface area contributed by atoms with Crippen LogP contribution < -0.4 is 21.9 Å². The van der Waals surface area contributed by atoms with Crippen LogP contribution in [0.25, 0.3) is 0 Å². The Labute approximate surface area is 139 Å². The number of phosphoric ester groups is 1. The molecule has 0 radical (unpaired) electrons. The molecule has 132 valence electrons. The van der Waals surface area contributed by atoms with E-state index in [1.54, 1.807) is 0 Å². The molecular formula is C10H14N5O7PS. The number of hydrogen-bond acceptors (Lipinski definition) is 10. The van der Waals surface area contributed by atoms with Crippen molar-refractivity contribution in [3.8, 4) is 0 Å². The highest BCUT2D eigenvalue weighted by molar-refractivity contribution is 7.84. The van der Waals surface area contributed by atoms with Gasteiger partial charge in [0.15, 0.2) is 12.0 Å². The number of hydrogen-bond donors (Lipinski definition) is 8. The second kappa shape index (κ2) is 5.95. The highest BCUT2D eigenvalue weighted by Crippen LogP contribution is 2.39. The molecule has 2 aliphatic heterocycles. The zero-order chi connectivity index (χ0) is 17.6. The zero-order valence-electron chi connectivity index (χ0n) is 11.8. The summed E-state index contributed by atoms with van der Waals surface area (Å²) < 4.78 is 20.7. The number of phosphoric acid groups is 1. The number of aliphatic hydroxyl groups is 1. The maximum atomic E-state index is 11.9. The van der Waals surface area contributed by atoms with Crippen LogP contribution in [0.2, 0.25) is 0 Å². The summed E-state index contributed by atoms with van der Waals surface area (Å²) in [6, 6.07) is -0.723. The zero-order valence-corrected chi connectivity index (χ0v) is 13.6.